The standard InChI is InChI=1S/C56H59BN/c1-36-18-16-19-37(2)52(36)44-30-38(3)53(57-50-35-45(54(5,6)7)34-49(39(50)4)56(10)29-17-28-55(56,8)9)48(32-44)47-31-42-22-14-15-23-43(42)33-51(47)58-46-26-24-41(25-27-46)40-20-12-11-13-21-40/h11-16,18-27,30-35,58H,17,28-29H2,1-10H3. The van der Waals surface area contributed by atoms with E-state index in [4.69, 9.17) is 0 Å². The molecule has 0 aliphatic heterocycles. The second-order valence-corrected chi connectivity index (χ2v) is 19.0. The van der Waals surface area contributed by atoms with Crippen molar-refractivity contribution < 1.29 is 0 Å². The van der Waals surface area contributed by atoms with Crippen LogP contribution < -0.4 is 16.2 Å². The van der Waals surface area contributed by atoms with Gasteiger partial charge in [0.2, 0.25) is 0 Å². The molecule has 1 unspecified atom stereocenters. The van der Waals surface area contributed by atoms with Crippen molar-refractivity contribution in [1.82, 2.24) is 0 Å². The molecule has 1 nitrogen and oxygen atoms in total. The topological polar surface area (TPSA) is 12.0 Å². The minimum Gasteiger partial charge on any atom is -0.355 e. The Morgan fingerprint density at radius 1 is 0.569 bits per heavy atom. The van der Waals surface area contributed by atoms with Crippen LogP contribution in [0.1, 0.15) is 94.2 Å². The van der Waals surface area contributed by atoms with Crippen LogP contribution in [0.15, 0.2) is 133 Å². The van der Waals surface area contributed by atoms with Crippen molar-refractivity contribution >= 4 is 40.4 Å². The smallest absolute Gasteiger partial charge is 0.192 e. The molecule has 0 amide bonds. The van der Waals surface area contributed by atoms with Gasteiger partial charge in [0, 0.05) is 16.9 Å². The molecule has 8 rings (SSSR count). The van der Waals surface area contributed by atoms with E-state index in [2.05, 4.69) is 215 Å². The van der Waals surface area contributed by atoms with Gasteiger partial charge in [0.15, 0.2) is 7.28 Å². The maximum absolute atomic E-state index is 3.92. The van der Waals surface area contributed by atoms with E-state index < -0.39 is 0 Å². The lowest BCUT2D eigenvalue weighted by Gasteiger charge is -2.41. The number of hydrogen-bond donors (Lipinski definition) is 1. The SMILES string of the molecule is Cc1cc(-c2c(C)cccc2C)cc(-c2cc3ccccc3cc2Nc2ccc(-c3ccccc3)cc2)c1[B]c1cc(C(C)(C)C)cc(C2(C)CCCC2(C)C)c1C. The number of fused-ring (bicyclic) bond motifs is 1. The van der Waals surface area contributed by atoms with E-state index in [9.17, 15) is 0 Å². The zero-order valence-corrected chi connectivity index (χ0v) is 36.4. The molecule has 1 N–H and O–H groups in total. The first-order valence-corrected chi connectivity index (χ1v) is 21.3. The molecule has 0 aromatic heterocycles. The van der Waals surface area contributed by atoms with Crippen LogP contribution in [0, 0.1) is 33.1 Å². The van der Waals surface area contributed by atoms with Crippen LogP contribution in [0.5, 0.6) is 0 Å². The third-order valence-corrected chi connectivity index (χ3v) is 13.8. The highest BCUT2D eigenvalue weighted by atomic mass is 14.9. The van der Waals surface area contributed by atoms with Crippen LogP contribution in [0.25, 0.3) is 44.2 Å². The van der Waals surface area contributed by atoms with Gasteiger partial charge >= 0.3 is 0 Å². The molecule has 1 aliphatic rings. The van der Waals surface area contributed by atoms with E-state index in [1.54, 1.807) is 0 Å². The molecule has 0 saturated heterocycles. The van der Waals surface area contributed by atoms with Gasteiger partial charge in [-0.15, -0.1) is 0 Å². The van der Waals surface area contributed by atoms with E-state index in [1.165, 1.54) is 108 Å². The molecule has 58 heavy (non-hydrogen) atoms. The average molecular weight is 757 g/mol. The Balaban J connectivity index is 1.35. The van der Waals surface area contributed by atoms with E-state index >= 15 is 0 Å². The fraction of sp³-hybridized carbons (Fsp3) is 0.286. The van der Waals surface area contributed by atoms with Gasteiger partial charge in [-0.05, 0) is 148 Å². The highest BCUT2D eigenvalue weighted by Gasteiger charge is 2.47. The molecule has 1 fully saturated rings. The fourth-order valence-electron chi connectivity index (χ4n) is 9.77. The molecule has 291 valence electrons. The predicted molar refractivity (Wildman–Crippen MR) is 254 cm³/mol. The molecule has 1 radical (unpaired) electrons. The van der Waals surface area contributed by atoms with Crippen LogP contribution >= 0.6 is 0 Å². The molecule has 1 atom stereocenters. The first-order valence-electron chi connectivity index (χ1n) is 21.3. The predicted octanol–water partition coefficient (Wildman–Crippen LogP) is 14.2. The average Bonchev–Trinajstić information content (AvgIpc) is 3.47. The zero-order valence-electron chi connectivity index (χ0n) is 36.4. The summed E-state index contributed by atoms with van der Waals surface area (Å²) in [7, 11) is 2.52. The number of benzene rings is 7. The molecule has 1 aliphatic carbocycles. The maximum atomic E-state index is 3.92. The molecular formula is C56H59BN. The Morgan fingerprint density at radius 3 is 1.84 bits per heavy atom. The number of hydrogen-bond acceptors (Lipinski definition) is 1. The molecule has 7 aromatic carbocycles. The van der Waals surface area contributed by atoms with Gasteiger partial charge < -0.3 is 5.32 Å². The molecule has 0 spiro atoms. The monoisotopic (exact) mass is 756 g/mol. The lowest BCUT2D eigenvalue weighted by Crippen LogP contribution is -2.39. The first kappa shape index (κ1) is 39.5. The normalized spacial score (nSPS) is 16.4. The van der Waals surface area contributed by atoms with Crippen LogP contribution in [-0.4, -0.2) is 7.28 Å². The highest BCUT2D eigenvalue weighted by Crippen LogP contribution is 2.54. The molecular weight excluding hydrogens is 697 g/mol. The van der Waals surface area contributed by atoms with Crippen LogP contribution in [-0.2, 0) is 10.8 Å². The summed E-state index contributed by atoms with van der Waals surface area (Å²) in [5, 5.41) is 6.37. The Hall–Kier alpha value is -5.34. The Bertz CT molecular complexity index is 2620. The van der Waals surface area contributed by atoms with Crippen LogP contribution in [0.2, 0.25) is 0 Å². The summed E-state index contributed by atoms with van der Waals surface area (Å²) in [6.45, 7) is 23.8. The minimum atomic E-state index is 0.0136. The Labute approximate surface area is 349 Å². The van der Waals surface area contributed by atoms with Crippen molar-refractivity contribution in [2.24, 2.45) is 5.41 Å². The summed E-state index contributed by atoms with van der Waals surface area (Å²) in [6, 6.07) is 49.6. The van der Waals surface area contributed by atoms with Gasteiger partial charge in [-0.25, -0.2) is 0 Å². The van der Waals surface area contributed by atoms with Crippen molar-refractivity contribution in [2.75, 3.05) is 5.32 Å². The summed E-state index contributed by atoms with van der Waals surface area (Å²) in [5.74, 6) is 0. The van der Waals surface area contributed by atoms with Gasteiger partial charge in [-0.1, -0.05) is 173 Å². The summed E-state index contributed by atoms with van der Waals surface area (Å²) in [5.41, 5.74) is 20.7. The molecule has 1 saturated carbocycles. The number of rotatable bonds is 8. The lowest BCUT2D eigenvalue weighted by atomic mass is 9.55. The van der Waals surface area contributed by atoms with Crippen molar-refractivity contribution in [2.45, 2.75) is 99.3 Å². The van der Waals surface area contributed by atoms with Gasteiger partial charge in [-0.2, -0.15) is 0 Å². The molecule has 0 heterocycles. The molecule has 7 aromatic rings. The largest absolute Gasteiger partial charge is 0.355 e. The Kier molecular flexibility index (Phi) is 10.3. The lowest BCUT2D eigenvalue weighted by molar-refractivity contribution is 0.224. The highest BCUT2D eigenvalue weighted by molar-refractivity contribution is 6.69. The summed E-state index contributed by atoms with van der Waals surface area (Å²) in [4.78, 5) is 0. The van der Waals surface area contributed by atoms with Crippen LogP contribution in [0.4, 0.5) is 11.4 Å². The third kappa shape index (κ3) is 7.32. The second-order valence-electron chi connectivity index (χ2n) is 19.0. The third-order valence-electron chi connectivity index (χ3n) is 13.8. The van der Waals surface area contributed by atoms with Crippen molar-refractivity contribution in [3.8, 4) is 33.4 Å². The quantitative estimate of drug-likeness (QED) is 0.152. The Morgan fingerprint density at radius 2 is 1.21 bits per heavy atom. The van der Waals surface area contributed by atoms with E-state index in [0.29, 0.717) is 0 Å². The molecule has 2 heteroatoms. The number of aryl methyl sites for hydroxylation is 3. The summed E-state index contributed by atoms with van der Waals surface area (Å²) < 4.78 is 0. The molecule has 0 bridgehead atoms. The zero-order chi connectivity index (χ0) is 41.0. The first-order chi connectivity index (χ1) is 27.6. The summed E-state index contributed by atoms with van der Waals surface area (Å²) >= 11 is 0. The van der Waals surface area contributed by atoms with Crippen molar-refractivity contribution in [3.05, 3.63) is 167 Å². The second kappa shape index (κ2) is 15.1. The van der Waals surface area contributed by atoms with E-state index in [0.717, 1.165) is 11.4 Å². The van der Waals surface area contributed by atoms with E-state index in [1.807, 2.05) is 0 Å². The van der Waals surface area contributed by atoms with E-state index in [-0.39, 0.29) is 16.2 Å². The fourth-order valence-corrected chi connectivity index (χ4v) is 9.77. The van der Waals surface area contributed by atoms with Gasteiger partial charge in [0.1, 0.15) is 0 Å². The van der Waals surface area contributed by atoms with Crippen LogP contribution in [0.3, 0.4) is 0 Å². The van der Waals surface area contributed by atoms with Gasteiger partial charge in [0.25, 0.3) is 0 Å². The summed E-state index contributed by atoms with van der Waals surface area (Å²) in [6.07, 6.45) is 3.76. The van der Waals surface area contributed by atoms with Gasteiger partial charge in [-0.3, -0.25) is 0 Å². The van der Waals surface area contributed by atoms with Gasteiger partial charge in [0.05, 0.1) is 0 Å². The van der Waals surface area contributed by atoms with Crippen molar-refractivity contribution in [1.29, 1.82) is 0 Å². The van der Waals surface area contributed by atoms with Crippen molar-refractivity contribution in [3.63, 3.8) is 0 Å². The minimum absolute atomic E-state index is 0.0136. The number of nitrogens with one attached hydrogen (secondary N) is 1. The maximum Gasteiger partial charge on any atom is 0.192 e. The number of anilines is 2.